The largest absolute Gasteiger partial charge is 0.469 e. The van der Waals surface area contributed by atoms with Gasteiger partial charge in [-0.1, -0.05) is 61.0 Å². The van der Waals surface area contributed by atoms with Crippen molar-refractivity contribution in [3.8, 4) is 0 Å². The maximum Gasteiger partial charge on any atom is 0.435 e. The molecule has 8 nitrogen and oxygen atoms in total. The Kier molecular flexibility index (Phi) is 7.96. The Hall–Kier alpha value is -3.68. The number of ether oxygens (including phenoxy) is 2. The van der Waals surface area contributed by atoms with Crippen molar-refractivity contribution in [3.05, 3.63) is 71.3 Å². The average Bonchev–Trinajstić information content (AvgIpc) is 3.32. The molecule has 0 spiro atoms. The van der Waals surface area contributed by atoms with Crippen LogP contribution < -0.4 is 11.1 Å². The van der Waals surface area contributed by atoms with Crippen molar-refractivity contribution >= 4 is 23.8 Å². The number of esters is 1. The summed E-state index contributed by atoms with van der Waals surface area (Å²) in [6.07, 6.45) is 1.42. The Labute approximate surface area is 186 Å². The van der Waals surface area contributed by atoms with Crippen LogP contribution in [-0.2, 0) is 32.2 Å². The van der Waals surface area contributed by atoms with Gasteiger partial charge in [-0.3, -0.25) is 9.59 Å². The van der Waals surface area contributed by atoms with Crippen LogP contribution in [0.1, 0.15) is 36.0 Å². The van der Waals surface area contributed by atoms with Gasteiger partial charge in [-0.15, -0.1) is 0 Å². The van der Waals surface area contributed by atoms with Crippen LogP contribution in [0, 0.1) is 11.8 Å². The number of methoxy groups -OCH3 is 1. The van der Waals surface area contributed by atoms with Crippen LogP contribution >= 0.6 is 0 Å². The minimum atomic E-state index is -0.764. The molecule has 1 aliphatic carbocycles. The number of hydrogen-bond donors (Lipinski definition) is 2. The number of aliphatic imine (C=N–C) groups is 1. The molecule has 0 unspecified atom stereocenters. The molecular formula is C24H27N3O5. The highest BCUT2D eigenvalue weighted by Gasteiger charge is 2.38. The zero-order valence-corrected chi connectivity index (χ0v) is 18.0. The molecular weight excluding hydrogens is 410 g/mol. The van der Waals surface area contributed by atoms with Gasteiger partial charge in [0.15, 0.2) is 0 Å². The van der Waals surface area contributed by atoms with E-state index in [0.717, 1.165) is 17.5 Å². The summed E-state index contributed by atoms with van der Waals surface area (Å²) in [7, 11) is 1.34. The van der Waals surface area contributed by atoms with Crippen molar-refractivity contribution in [2.75, 3.05) is 7.11 Å². The molecule has 32 heavy (non-hydrogen) atoms. The number of hydrogen-bond acceptors (Lipinski definition) is 5. The number of nitrogens with zero attached hydrogens (tertiary/aromatic N) is 1. The Balaban J connectivity index is 1.50. The van der Waals surface area contributed by atoms with E-state index in [9.17, 15) is 14.4 Å². The van der Waals surface area contributed by atoms with Crippen molar-refractivity contribution in [2.24, 2.45) is 22.6 Å². The highest BCUT2D eigenvalue weighted by Crippen LogP contribution is 2.32. The summed E-state index contributed by atoms with van der Waals surface area (Å²) in [6.45, 7) is 0.437. The molecule has 3 rings (SSSR count). The zero-order chi connectivity index (χ0) is 22.9. The molecule has 0 aliphatic heterocycles. The first kappa shape index (κ1) is 23.0. The fraction of sp³-hybridized carbons (Fsp3) is 0.333. The van der Waals surface area contributed by atoms with E-state index >= 15 is 0 Å². The van der Waals surface area contributed by atoms with Crippen LogP contribution in [0.15, 0.2) is 59.6 Å². The molecule has 168 valence electrons. The predicted molar refractivity (Wildman–Crippen MR) is 118 cm³/mol. The molecule has 1 aliphatic rings. The van der Waals surface area contributed by atoms with Gasteiger partial charge in [0.1, 0.15) is 12.4 Å². The molecule has 2 aromatic carbocycles. The molecule has 0 bridgehead atoms. The standard InChI is InChI=1S/C24H27N3O5/c1-31-23(29)20-9-5-8-19(20)22(28)26-14-16-10-12-18(13-11-16)21(25)27-24(30)32-15-17-6-3-2-4-7-17/h2-4,6-7,10-13,19-20H,5,8-9,14-15H2,1H3,(H,26,28)(H2,25,27,30)/t19-,20-/m0/s1. The molecule has 0 saturated heterocycles. The van der Waals surface area contributed by atoms with Gasteiger partial charge in [-0.25, -0.2) is 4.79 Å². The summed E-state index contributed by atoms with van der Waals surface area (Å²) in [5.74, 6) is -1.16. The van der Waals surface area contributed by atoms with Gasteiger partial charge in [-0.05, 0) is 24.0 Å². The fourth-order valence-corrected chi connectivity index (χ4v) is 3.74. The summed E-state index contributed by atoms with van der Waals surface area (Å²) in [5, 5.41) is 2.88. The van der Waals surface area contributed by atoms with E-state index in [1.165, 1.54) is 7.11 Å². The van der Waals surface area contributed by atoms with Gasteiger partial charge in [0, 0.05) is 12.1 Å². The third-order valence-corrected chi connectivity index (χ3v) is 5.49. The third kappa shape index (κ3) is 6.16. The second-order valence-electron chi connectivity index (χ2n) is 7.62. The van der Waals surface area contributed by atoms with E-state index in [1.807, 2.05) is 30.3 Å². The van der Waals surface area contributed by atoms with Gasteiger partial charge >= 0.3 is 12.1 Å². The summed E-state index contributed by atoms with van der Waals surface area (Å²) in [6, 6.07) is 16.3. The van der Waals surface area contributed by atoms with E-state index in [0.29, 0.717) is 24.9 Å². The van der Waals surface area contributed by atoms with Gasteiger partial charge in [0.25, 0.3) is 0 Å². The molecule has 0 radical (unpaired) electrons. The smallest absolute Gasteiger partial charge is 0.435 e. The molecule has 2 amide bonds. The highest BCUT2D eigenvalue weighted by atomic mass is 16.5. The molecule has 0 aromatic heterocycles. The van der Waals surface area contributed by atoms with Crippen molar-refractivity contribution in [1.82, 2.24) is 5.32 Å². The van der Waals surface area contributed by atoms with Gasteiger partial charge < -0.3 is 20.5 Å². The number of rotatable bonds is 7. The van der Waals surface area contributed by atoms with Crippen LogP contribution in [0.4, 0.5) is 4.79 Å². The molecule has 8 heteroatoms. The minimum Gasteiger partial charge on any atom is -0.469 e. The fourth-order valence-electron chi connectivity index (χ4n) is 3.74. The van der Waals surface area contributed by atoms with Gasteiger partial charge in [0.05, 0.1) is 18.9 Å². The SMILES string of the molecule is COC(=O)[C@H]1CCC[C@@H]1C(=O)NCc1ccc(/C(N)=N/C(=O)OCc2ccccc2)cc1. The van der Waals surface area contributed by atoms with Crippen LogP contribution in [0.2, 0.25) is 0 Å². The summed E-state index contributed by atoms with van der Waals surface area (Å²) < 4.78 is 9.91. The average molecular weight is 437 g/mol. The van der Waals surface area contributed by atoms with E-state index in [-0.39, 0.29) is 36.2 Å². The molecule has 2 atom stereocenters. The monoisotopic (exact) mass is 437 g/mol. The quantitative estimate of drug-likeness (QED) is 0.390. The van der Waals surface area contributed by atoms with Crippen molar-refractivity contribution in [3.63, 3.8) is 0 Å². The topological polar surface area (TPSA) is 120 Å². The first-order valence-electron chi connectivity index (χ1n) is 10.5. The zero-order valence-electron chi connectivity index (χ0n) is 18.0. The minimum absolute atomic E-state index is 0.0468. The summed E-state index contributed by atoms with van der Waals surface area (Å²) in [5.41, 5.74) is 8.19. The number of benzene rings is 2. The molecule has 1 fully saturated rings. The van der Waals surface area contributed by atoms with E-state index in [2.05, 4.69) is 10.3 Å². The van der Waals surface area contributed by atoms with E-state index in [1.54, 1.807) is 24.3 Å². The van der Waals surface area contributed by atoms with Crippen molar-refractivity contribution < 1.29 is 23.9 Å². The second-order valence-corrected chi connectivity index (χ2v) is 7.62. The summed E-state index contributed by atoms with van der Waals surface area (Å²) >= 11 is 0. The second kappa shape index (κ2) is 11.1. The molecule has 2 aromatic rings. The van der Waals surface area contributed by atoms with Crippen molar-refractivity contribution in [2.45, 2.75) is 32.4 Å². The van der Waals surface area contributed by atoms with Gasteiger partial charge in [0.2, 0.25) is 5.91 Å². The number of carbonyl (C=O) groups is 3. The Morgan fingerprint density at radius 2 is 1.69 bits per heavy atom. The maximum absolute atomic E-state index is 12.5. The lowest BCUT2D eigenvalue weighted by Crippen LogP contribution is -2.35. The maximum atomic E-state index is 12.5. The number of amides is 2. The van der Waals surface area contributed by atoms with E-state index < -0.39 is 6.09 Å². The molecule has 1 saturated carbocycles. The highest BCUT2D eigenvalue weighted by molar-refractivity contribution is 6.02. The number of nitrogens with two attached hydrogens (primary N) is 1. The third-order valence-electron chi connectivity index (χ3n) is 5.49. The number of amidine groups is 1. The Morgan fingerprint density at radius 3 is 2.38 bits per heavy atom. The van der Waals surface area contributed by atoms with Crippen molar-refractivity contribution in [1.29, 1.82) is 0 Å². The lowest BCUT2D eigenvalue weighted by molar-refractivity contribution is -0.149. The lowest BCUT2D eigenvalue weighted by Gasteiger charge is -2.17. The van der Waals surface area contributed by atoms with Crippen LogP contribution in [0.5, 0.6) is 0 Å². The van der Waals surface area contributed by atoms with Crippen LogP contribution in [0.25, 0.3) is 0 Å². The van der Waals surface area contributed by atoms with Crippen LogP contribution in [0.3, 0.4) is 0 Å². The first-order valence-corrected chi connectivity index (χ1v) is 10.5. The van der Waals surface area contributed by atoms with E-state index in [4.69, 9.17) is 15.2 Å². The lowest BCUT2D eigenvalue weighted by atomic mass is 9.95. The Morgan fingerprint density at radius 1 is 1.00 bits per heavy atom. The van der Waals surface area contributed by atoms with Gasteiger partial charge in [-0.2, -0.15) is 4.99 Å². The van der Waals surface area contributed by atoms with Crippen LogP contribution in [-0.4, -0.2) is 30.9 Å². The Bertz CT molecular complexity index is 973. The number of nitrogens with one attached hydrogen (secondary N) is 1. The molecule has 3 N–H and O–H groups in total. The number of carbonyl (C=O) groups excluding carboxylic acids is 3. The predicted octanol–water partition coefficient (Wildman–Crippen LogP) is 2.93. The normalized spacial score (nSPS) is 18.1. The first-order chi connectivity index (χ1) is 15.5. The summed E-state index contributed by atoms with van der Waals surface area (Å²) in [4.78, 5) is 40.0. The molecule has 0 heterocycles.